The third kappa shape index (κ3) is 3.52. The Labute approximate surface area is 165 Å². The van der Waals surface area contributed by atoms with Crippen molar-refractivity contribution in [1.29, 1.82) is 0 Å². The number of hydrogen-bond donors (Lipinski definition) is 4. The molecule has 152 valence electrons. The summed E-state index contributed by atoms with van der Waals surface area (Å²) in [5.41, 5.74) is 0.440. The van der Waals surface area contributed by atoms with E-state index in [1.54, 1.807) is 54.6 Å². The third-order valence-corrected chi connectivity index (χ3v) is 4.87. The minimum absolute atomic E-state index is 0.131. The summed E-state index contributed by atoms with van der Waals surface area (Å²) >= 11 is 0. The lowest BCUT2D eigenvalue weighted by Crippen LogP contribution is -2.60. The minimum Gasteiger partial charge on any atom is -0.454 e. The van der Waals surface area contributed by atoms with Crippen LogP contribution in [-0.4, -0.2) is 57.7 Å². The quantitative estimate of drug-likeness (QED) is 0.502. The molecule has 3 aromatic rings. The average Bonchev–Trinajstić information content (AvgIpc) is 2.76. The first-order valence-electron chi connectivity index (χ1n) is 9.09. The van der Waals surface area contributed by atoms with E-state index in [-0.39, 0.29) is 16.9 Å². The molecule has 8 nitrogen and oxygen atoms in total. The third-order valence-electron chi connectivity index (χ3n) is 4.87. The van der Waals surface area contributed by atoms with Crippen LogP contribution >= 0.6 is 0 Å². The van der Waals surface area contributed by atoms with Gasteiger partial charge in [0, 0.05) is 5.56 Å². The van der Waals surface area contributed by atoms with E-state index in [1.807, 2.05) is 0 Å². The number of fused-ring (bicyclic) bond motifs is 1. The number of benzene rings is 2. The fourth-order valence-electron chi connectivity index (χ4n) is 3.29. The Hall–Kier alpha value is -2.75. The lowest BCUT2D eigenvalue weighted by molar-refractivity contribution is -0.277. The summed E-state index contributed by atoms with van der Waals surface area (Å²) in [6.07, 6.45) is -7.47. The van der Waals surface area contributed by atoms with E-state index < -0.39 is 42.7 Å². The molecule has 5 atom stereocenters. The fraction of sp³-hybridized carbons (Fsp3) is 0.286. The highest BCUT2D eigenvalue weighted by molar-refractivity contribution is 5.81. The summed E-state index contributed by atoms with van der Waals surface area (Å²) in [6.45, 7) is -0.608. The van der Waals surface area contributed by atoms with E-state index in [0.29, 0.717) is 11.1 Å². The molecule has 2 heterocycles. The van der Waals surface area contributed by atoms with Crippen molar-refractivity contribution in [2.24, 2.45) is 0 Å². The zero-order valence-electron chi connectivity index (χ0n) is 15.2. The standard InChI is InChI=1S/C21H20O8/c22-10-14-16(24)17(25)18(26)21(28-14)29-20-15(23)12-8-4-5-9-13(12)27-19(20)11-6-2-1-3-7-11/h1-9,14,16-18,21-22,24-26H,10H2/t14-,16?,17+,18-,21+/m1/s1. The monoisotopic (exact) mass is 400 g/mol. The van der Waals surface area contributed by atoms with Crippen LogP contribution in [-0.2, 0) is 4.74 Å². The highest BCUT2D eigenvalue weighted by Crippen LogP contribution is 2.33. The van der Waals surface area contributed by atoms with Gasteiger partial charge in [-0.25, -0.2) is 0 Å². The Morgan fingerprint density at radius 2 is 1.59 bits per heavy atom. The molecule has 0 spiro atoms. The van der Waals surface area contributed by atoms with Crippen LogP contribution < -0.4 is 10.2 Å². The molecule has 1 unspecified atom stereocenters. The molecule has 2 aromatic carbocycles. The van der Waals surface area contributed by atoms with Crippen LogP contribution in [0.2, 0.25) is 0 Å². The Morgan fingerprint density at radius 3 is 2.31 bits per heavy atom. The number of rotatable bonds is 4. The molecule has 4 rings (SSSR count). The zero-order chi connectivity index (χ0) is 20.5. The number of aliphatic hydroxyl groups excluding tert-OH is 4. The average molecular weight is 400 g/mol. The Morgan fingerprint density at radius 1 is 0.897 bits per heavy atom. The van der Waals surface area contributed by atoms with Gasteiger partial charge in [-0.3, -0.25) is 4.79 Å². The van der Waals surface area contributed by atoms with E-state index in [0.717, 1.165) is 0 Å². The van der Waals surface area contributed by atoms with Gasteiger partial charge in [0.1, 0.15) is 30.0 Å². The molecular formula is C21H20O8. The Bertz CT molecular complexity index is 1050. The molecule has 0 bridgehead atoms. The second kappa shape index (κ2) is 7.94. The number of ether oxygens (including phenoxy) is 2. The molecule has 1 saturated heterocycles. The van der Waals surface area contributed by atoms with Gasteiger partial charge < -0.3 is 34.3 Å². The van der Waals surface area contributed by atoms with Crippen LogP contribution in [0, 0.1) is 0 Å². The highest BCUT2D eigenvalue weighted by Gasteiger charge is 2.45. The van der Waals surface area contributed by atoms with Gasteiger partial charge in [0.05, 0.1) is 12.0 Å². The molecule has 1 aliphatic rings. The van der Waals surface area contributed by atoms with Gasteiger partial charge >= 0.3 is 0 Å². The molecule has 1 fully saturated rings. The van der Waals surface area contributed by atoms with Crippen molar-refractivity contribution in [3.8, 4) is 17.1 Å². The second-order valence-corrected chi connectivity index (χ2v) is 6.77. The van der Waals surface area contributed by atoms with E-state index in [9.17, 15) is 25.2 Å². The summed E-state index contributed by atoms with van der Waals surface area (Å²) in [6, 6.07) is 15.4. The molecule has 1 aromatic heterocycles. The van der Waals surface area contributed by atoms with Crippen molar-refractivity contribution in [1.82, 2.24) is 0 Å². The predicted molar refractivity (Wildman–Crippen MR) is 102 cm³/mol. The van der Waals surface area contributed by atoms with Crippen molar-refractivity contribution in [2.45, 2.75) is 30.7 Å². The summed E-state index contributed by atoms with van der Waals surface area (Å²) < 4.78 is 17.0. The lowest BCUT2D eigenvalue weighted by Gasteiger charge is -2.39. The molecule has 0 radical (unpaired) electrons. The Kier molecular flexibility index (Phi) is 5.35. The predicted octanol–water partition coefficient (Wildman–Crippen LogP) is 0.639. The summed E-state index contributed by atoms with van der Waals surface area (Å²) in [7, 11) is 0. The highest BCUT2D eigenvalue weighted by atomic mass is 16.7. The van der Waals surface area contributed by atoms with Crippen molar-refractivity contribution in [3.63, 3.8) is 0 Å². The van der Waals surface area contributed by atoms with Crippen LogP contribution in [0.1, 0.15) is 0 Å². The zero-order valence-corrected chi connectivity index (χ0v) is 15.2. The van der Waals surface area contributed by atoms with E-state index in [2.05, 4.69) is 0 Å². The first-order valence-corrected chi connectivity index (χ1v) is 9.09. The molecule has 8 heteroatoms. The van der Waals surface area contributed by atoms with Gasteiger partial charge in [0.15, 0.2) is 5.76 Å². The normalized spacial score (nSPS) is 27.1. The van der Waals surface area contributed by atoms with Crippen LogP contribution in [0.4, 0.5) is 0 Å². The second-order valence-electron chi connectivity index (χ2n) is 6.77. The van der Waals surface area contributed by atoms with Crippen molar-refractivity contribution in [3.05, 3.63) is 64.8 Å². The van der Waals surface area contributed by atoms with E-state index in [1.165, 1.54) is 0 Å². The SMILES string of the molecule is O=c1c(O[C@@H]2O[C@H](CO)C(O)[C@H](O)[C@H]2O)c(-c2ccccc2)oc2ccccc12. The first-order chi connectivity index (χ1) is 14.0. The maximum Gasteiger partial charge on any atom is 0.235 e. The molecule has 0 amide bonds. The van der Waals surface area contributed by atoms with E-state index >= 15 is 0 Å². The summed E-state index contributed by atoms with van der Waals surface area (Å²) in [5, 5.41) is 39.8. The summed E-state index contributed by atoms with van der Waals surface area (Å²) in [5.74, 6) is -0.0783. The molecular weight excluding hydrogens is 380 g/mol. The molecule has 4 N–H and O–H groups in total. The lowest BCUT2D eigenvalue weighted by atomic mass is 9.99. The van der Waals surface area contributed by atoms with Crippen molar-refractivity contribution in [2.75, 3.05) is 6.61 Å². The van der Waals surface area contributed by atoms with Crippen molar-refractivity contribution >= 4 is 11.0 Å². The van der Waals surface area contributed by atoms with Crippen LogP contribution in [0.25, 0.3) is 22.3 Å². The van der Waals surface area contributed by atoms with Crippen molar-refractivity contribution < 1.29 is 34.3 Å². The summed E-state index contributed by atoms with van der Waals surface area (Å²) in [4.78, 5) is 13.1. The number of aliphatic hydroxyl groups is 4. The largest absolute Gasteiger partial charge is 0.454 e. The first kappa shape index (κ1) is 19.6. The van der Waals surface area contributed by atoms with Gasteiger partial charge in [-0.2, -0.15) is 0 Å². The Balaban J connectivity index is 1.82. The smallest absolute Gasteiger partial charge is 0.235 e. The molecule has 0 aliphatic carbocycles. The van der Waals surface area contributed by atoms with Gasteiger partial charge in [0.2, 0.25) is 17.5 Å². The van der Waals surface area contributed by atoms with Gasteiger partial charge in [-0.05, 0) is 12.1 Å². The van der Waals surface area contributed by atoms with Gasteiger partial charge in [-0.1, -0.05) is 42.5 Å². The molecule has 29 heavy (non-hydrogen) atoms. The van der Waals surface area contributed by atoms with Gasteiger partial charge in [0.25, 0.3) is 0 Å². The van der Waals surface area contributed by atoms with Crippen LogP contribution in [0.3, 0.4) is 0 Å². The minimum atomic E-state index is -1.65. The maximum atomic E-state index is 13.1. The van der Waals surface area contributed by atoms with Gasteiger partial charge in [-0.15, -0.1) is 0 Å². The number of para-hydroxylation sites is 1. The molecule has 0 saturated carbocycles. The number of hydrogen-bond acceptors (Lipinski definition) is 8. The maximum absolute atomic E-state index is 13.1. The fourth-order valence-corrected chi connectivity index (χ4v) is 3.29. The molecule has 1 aliphatic heterocycles. The van der Waals surface area contributed by atoms with E-state index in [4.69, 9.17) is 13.9 Å². The van der Waals surface area contributed by atoms with Crippen LogP contribution in [0.15, 0.2) is 63.8 Å². The van der Waals surface area contributed by atoms with Crippen LogP contribution in [0.5, 0.6) is 5.75 Å². The topological polar surface area (TPSA) is 130 Å².